The maximum atomic E-state index is 12.2. The average Bonchev–Trinajstić information content (AvgIpc) is 3.19. The number of thiophene rings is 1. The SMILES string of the molecule is O=C(CC(c1ccsc1)n1cnnn1)Nc1cccnc1. The van der Waals surface area contributed by atoms with Crippen molar-refractivity contribution in [2.24, 2.45) is 0 Å². The summed E-state index contributed by atoms with van der Waals surface area (Å²) in [4.78, 5) is 16.2. The minimum atomic E-state index is -0.220. The van der Waals surface area contributed by atoms with Crippen LogP contribution in [0.2, 0.25) is 0 Å². The normalized spacial score (nSPS) is 12.0. The summed E-state index contributed by atoms with van der Waals surface area (Å²) in [5, 5.41) is 17.9. The van der Waals surface area contributed by atoms with Crippen LogP contribution in [0.25, 0.3) is 0 Å². The smallest absolute Gasteiger partial charge is 0.226 e. The van der Waals surface area contributed by atoms with Gasteiger partial charge in [0.25, 0.3) is 0 Å². The number of carbonyl (C=O) groups excluding carboxylic acids is 1. The number of pyridine rings is 1. The third-order valence-corrected chi connectivity index (χ3v) is 3.64. The predicted octanol–water partition coefficient (Wildman–Crippen LogP) is 1.75. The number of rotatable bonds is 5. The molecule has 1 amide bonds. The van der Waals surface area contributed by atoms with Gasteiger partial charge >= 0.3 is 0 Å². The Morgan fingerprint density at radius 2 is 2.38 bits per heavy atom. The molecule has 0 spiro atoms. The molecule has 106 valence electrons. The molecule has 3 aromatic heterocycles. The Labute approximate surface area is 124 Å². The van der Waals surface area contributed by atoms with E-state index in [1.165, 1.54) is 6.33 Å². The van der Waals surface area contributed by atoms with Gasteiger partial charge in [-0.05, 0) is 44.9 Å². The number of tetrazole rings is 1. The molecule has 0 fully saturated rings. The molecule has 1 unspecified atom stereocenters. The highest BCUT2D eigenvalue weighted by atomic mass is 32.1. The van der Waals surface area contributed by atoms with E-state index in [4.69, 9.17) is 0 Å². The van der Waals surface area contributed by atoms with E-state index in [1.54, 1.807) is 40.5 Å². The summed E-state index contributed by atoms with van der Waals surface area (Å²) < 4.78 is 1.59. The second kappa shape index (κ2) is 6.23. The molecular formula is C13H12N6OS. The van der Waals surface area contributed by atoms with Crippen molar-refractivity contribution >= 4 is 22.9 Å². The summed E-state index contributed by atoms with van der Waals surface area (Å²) in [5.41, 5.74) is 1.68. The first kappa shape index (κ1) is 13.4. The Kier molecular flexibility index (Phi) is 3.97. The highest BCUT2D eigenvalue weighted by Gasteiger charge is 2.19. The lowest BCUT2D eigenvalue weighted by molar-refractivity contribution is -0.116. The lowest BCUT2D eigenvalue weighted by atomic mass is 10.1. The Bertz CT molecular complexity index is 649. The molecule has 21 heavy (non-hydrogen) atoms. The molecule has 0 saturated heterocycles. The van der Waals surface area contributed by atoms with Gasteiger partial charge in [0.15, 0.2) is 0 Å². The van der Waals surface area contributed by atoms with Crippen molar-refractivity contribution < 1.29 is 4.79 Å². The van der Waals surface area contributed by atoms with Gasteiger partial charge in [-0.15, -0.1) is 5.10 Å². The first-order valence-corrected chi connectivity index (χ1v) is 7.21. The molecule has 0 aliphatic carbocycles. The molecule has 8 heteroatoms. The van der Waals surface area contributed by atoms with E-state index in [0.29, 0.717) is 5.69 Å². The van der Waals surface area contributed by atoms with Crippen molar-refractivity contribution in [2.45, 2.75) is 12.5 Å². The van der Waals surface area contributed by atoms with Crippen molar-refractivity contribution in [2.75, 3.05) is 5.32 Å². The molecular weight excluding hydrogens is 288 g/mol. The van der Waals surface area contributed by atoms with Crippen molar-refractivity contribution in [1.82, 2.24) is 25.2 Å². The van der Waals surface area contributed by atoms with Gasteiger partial charge in [-0.1, -0.05) is 0 Å². The lowest BCUT2D eigenvalue weighted by Crippen LogP contribution is -2.20. The van der Waals surface area contributed by atoms with Crippen molar-refractivity contribution in [3.8, 4) is 0 Å². The van der Waals surface area contributed by atoms with Crippen molar-refractivity contribution in [3.63, 3.8) is 0 Å². The average molecular weight is 300 g/mol. The van der Waals surface area contributed by atoms with Gasteiger partial charge in [0.05, 0.1) is 24.3 Å². The van der Waals surface area contributed by atoms with Gasteiger partial charge in [-0.25, -0.2) is 4.68 Å². The predicted molar refractivity (Wildman–Crippen MR) is 77.8 cm³/mol. The van der Waals surface area contributed by atoms with Crippen LogP contribution in [0.15, 0.2) is 47.7 Å². The first-order chi connectivity index (χ1) is 10.3. The van der Waals surface area contributed by atoms with Crippen LogP contribution in [0.4, 0.5) is 5.69 Å². The summed E-state index contributed by atoms with van der Waals surface area (Å²) in [6, 6.07) is 5.31. The van der Waals surface area contributed by atoms with E-state index in [-0.39, 0.29) is 18.4 Å². The molecule has 0 radical (unpaired) electrons. The second-order valence-corrected chi connectivity index (χ2v) is 5.14. The summed E-state index contributed by atoms with van der Waals surface area (Å²) in [6.07, 6.45) is 5.02. The number of nitrogens with one attached hydrogen (secondary N) is 1. The maximum Gasteiger partial charge on any atom is 0.226 e. The fraction of sp³-hybridized carbons (Fsp3) is 0.154. The monoisotopic (exact) mass is 300 g/mol. The summed E-state index contributed by atoms with van der Waals surface area (Å²) in [5.74, 6) is -0.116. The zero-order valence-electron chi connectivity index (χ0n) is 11.0. The van der Waals surface area contributed by atoms with Crippen LogP contribution in [0.5, 0.6) is 0 Å². The Balaban J connectivity index is 1.75. The van der Waals surface area contributed by atoms with Crippen LogP contribution in [-0.2, 0) is 4.79 Å². The topological polar surface area (TPSA) is 85.6 Å². The van der Waals surface area contributed by atoms with Gasteiger partial charge < -0.3 is 5.32 Å². The molecule has 0 aromatic carbocycles. The summed E-state index contributed by atoms with van der Waals surface area (Å²) >= 11 is 1.57. The van der Waals surface area contributed by atoms with E-state index in [1.807, 2.05) is 16.8 Å². The van der Waals surface area contributed by atoms with E-state index in [2.05, 4.69) is 25.8 Å². The Morgan fingerprint density at radius 1 is 1.43 bits per heavy atom. The molecule has 3 rings (SSSR count). The molecule has 0 aliphatic heterocycles. The van der Waals surface area contributed by atoms with Crippen LogP contribution >= 0.6 is 11.3 Å². The van der Waals surface area contributed by atoms with Gasteiger partial charge in [-0.2, -0.15) is 11.3 Å². The largest absolute Gasteiger partial charge is 0.325 e. The number of amides is 1. The van der Waals surface area contributed by atoms with Gasteiger partial charge in [0.2, 0.25) is 5.91 Å². The third-order valence-electron chi connectivity index (χ3n) is 2.94. The van der Waals surface area contributed by atoms with Crippen LogP contribution in [0.3, 0.4) is 0 Å². The summed E-state index contributed by atoms with van der Waals surface area (Å²) in [7, 11) is 0. The van der Waals surface area contributed by atoms with Crippen LogP contribution in [-0.4, -0.2) is 31.1 Å². The molecule has 1 N–H and O–H groups in total. The summed E-state index contributed by atoms with van der Waals surface area (Å²) in [6.45, 7) is 0. The molecule has 3 heterocycles. The number of hydrogen-bond acceptors (Lipinski definition) is 6. The number of anilines is 1. The minimum Gasteiger partial charge on any atom is -0.325 e. The van der Waals surface area contributed by atoms with Gasteiger partial charge in [-0.3, -0.25) is 9.78 Å². The van der Waals surface area contributed by atoms with E-state index in [9.17, 15) is 4.79 Å². The highest BCUT2D eigenvalue weighted by Crippen LogP contribution is 2.23. The van der Waals surface area contributed by atoms with Gasteiger partial charge in [0, 0.05) is 6.20 Å². The van der Waals surface area contributed by atoms with Gasteiger partial charge in [0.1, 0.15) is 6.33 Å². The number of aromatic nitrogens is 5. The Morgan fingerprint density at radius 3 is 3.05 bits per heavy atom. The minimum absolute atomic E-state index is 0.116. The van der Waals surface area contributed by atoms with Crippen LogP contribution < -0.4 is 5.32 Å². The number of nitrogens with zero attached hydrogens (tertiary/aromatic N) is 5. The molecule has 0 aliphatic rings. The quantitative estimate of drug-likeness (QED) is 0.776. The van der Waals surface area contributed by atoms with Crippen LogP contribution in [0, 0.1) is 0 Å². The molecule has 1 atom stereocenters. The van der Waals surface area contributed by atoms with E-state index >= 15 is 0 Å². The number of hydrogen-bond donors (Lipinski definition) is 1. The molecule has 7 nitrogen and oxygen atoms in total. The molecule has 3 aromatic rings. The number of carbonyl (C=O) groups is 1. The standard InChI is InChI=1S/C13H12N6OS/c20-13(16-11-2-1-4-14-7-11)6-12(10-3-5-21-8-10)19-9-15-17-18-19/h1-5,7-9,12H,6H2,(H,16,20). The lowest BCUT2D eigenvalue weighted by Gasteiger charge is -2.14. The molecule has 0 saturated carbocycles. The van der Waals surface area contributed by atoms with Crippen LogP contribution in [0.1, 0.15) is 18.0 Å². The Hall–Kier alpha value is -2.61. The van der Waals surface area contributed by atoms with Crippen molar-refractivity contribution in [3.05, 3.63) is 53.2 Å². The zero-order valence-corrected chi connectivity index (χ0v) is 11.8. The first-order valence-electron chi connectivity index (χ1n) is 6.27. The van der Waals surface area contributed by atoms with Crippen molar-refractivity contribution in [1.29, 1.82) is 0 Å². The maximum absolute atomic E-state index is 12.2. The third kappa shape index (κ3) is 3.29. The highest BCUT2D eigenvalue weighted by molar-refractivity contribution is 7.07. The zero-order chi connectivity index (χ0) is 14.5. The molecule has 0 bridgehead atoms. The van der Waals surface area contributed by atoms with E-state index < -0.39 is 0 Å². The van der Waals surface area contributed by atoms with E-state index in [0.717, 1.165) is 5.56 Å². The second-order valence-electron chi connectivity index (χ2n) is 4.36. The fourth-order valence-electron chi connectivity index (χ4n) is 1.96. The fourth-order valence-corrected chi connectivity index (χ4v) is 2.67.